The number of amidine groups is 1. The molecule has 0 radical (unpaired) electrons. The molecule has 0 aromatic heterocycles. The van der Waals surface area contributed by atoms with E-state index in [0.717, 1.165) is 12.8 Å². The van der Waals surface area contributed by atoms with Gasteiger partial charge in [0, 0.05) is 43.0 Å². The van der Waals surface area contributed by atoms with E-state index in [1.54, 1.807) is 0 Å². The van der Waals surface area contributed by atoms with Gasteiger partial charge in [0.1, 0.15) is 12.1 Å². The van der Waals surface area contributed by atoms with Crippen LogP contribution in [0.2, 0.25) is 0 Å². The molecule has 1 spiro atoms. The number of carbonyl (C=O) groups is 2. The van der Waals surface area contributed by atoms with Crippen molar-refractivity contribution >= 4 is 23.7 Å². The fourth-order valence-electron chi connectivity index (χ4n) is 3.66. The van der Waals surface area contributed by atoms with Crippen LogP contribution in [0.3, 0.4) is 0 Å². The Labute approximate surface area is 166 Å². The molecule has 0 bridgehead atoms. The lowest BCUT2D eigenvalue weighted by molar-refractivity contribution is -0.122. The van der Waals surface area contributed by atoms with Crippen LogP contribution in [0.25, 0.3) is 0 Å². The number of hydrogen-bond acceptors (Lipinski definition) is 4. The third kappa shape index (κ3) is 5.03. The van der Waals surface area contributed by atoms with Gasteiger partial charge in [-0.2, -0.15) is 4.99 Å². The van der Waals surface area contributed by atoms with E-state index < -0.39 is 12.2 Å². The Morgan fingerprint density at radius 2 is 1.83 bits per heavy atom. The first-order chi connectivity index (χ1) is 13.8. The summed E-state index contributed by atoms with van der Waals surface area (Å²) in [6, 6.07) is 6.03. The van der Waals surface area contributed by atoms with Crippen molar-refractivity contribution in [2.45, 2.75) is 26.1 Å². The lowest BCUT2D eigenvalue weighted by Gasteiger charge is -2.53. The molecule has 0 atom stereocenters. The molecule has 2 fully saturated rings. The molecular formula is C20H22F3N3O3. The maximum Gasteiger partial charge on any atom is 0.505 e. The number of ether oxygens (including phenoxy) is 1. The van der Waals surface area contributed by atoms with Gasteiger partial charge >= 0.3 is 6.30 Å². The quantitative estimate of drug-likeness (QED) is 0.272. The molecule has 2 heterocycles. The second kappa shape index (κ2) is 8.36. The molecule has 1 N–H and O–H groups in total. The van der Waals surface area contributed by atoms with Gasteiger partial charge in [0.25, 0.3) is 5.91 Å². The first kappa shape index (κ1) is 21.0. The average molecular weight is 409 g/mol. The number of halogens is 3. The van der Waals surface area contributed by atoms with Crippen LogP contribution in [0.15, 0.2) is 40.9 Å². The van der Waals surface area contributed by atoms with E-state index >= 15 is 0 Å². The van der Waals surface area contributed by atoms with Crippen LogP contribution in [0.5, 0.6) is 0 Å². The smallest absolute Gasteiger partial charge is 0.381 e. The standard InChI is InChI=1S/C20H22F3N3O3/c1-2-16(18(28)24-15-5-3-14(11-27)4-6-15)17(25-20(21,22)23)26-12-19(13-26)7-9-29-10-8-19/h2-6,11H,7-10,12-13H2,1H3,(H,24,28)/b16-2+,25-17+. The maximum absolute atomic E-state index is 13.1. The number of nitrogens with zero attached hydrogens (tertiary/aromatic N) is 2. The predicted molar refractivity (Wildman–Crippen MR) is 102 cm³/mol. The van der Waals surface area contributed by atoms with Crippen molar-refractivity contribution in [1.29, 1.82) is 0 Å². The maximum atomic E-state index is 13.1. The minimum Gasteiger partial charge on any atom is -0.381 e. The van der Waals surface area contributed by atoms with Crippen molar-refractivity contribution in [2.75, 3.05) is 31.6 Å². The minimum absolute atomic E-state index is 0.0788. The zero-order valence-electron chi connectivity index (χ0n) is 16.0. The van der Waals surface area contributed by atoms with E-state index in [1.807, 2.05) is 0 Å². The molecule has 0 aliphatic carbocycles. The second-order valence-corrected chi connectivity index (χ2v) is 7.27. The first-order valence-electron chi connectivity index (χ1n) is 9.28. The largest absolute Gasteiger partial charge is 0.505 e. The number of likely N-dealkylation sites (tertiary alicyclic amines) is 1. The molecule has 1 aromatic rings. The summed E-state index contributed by atoms with van der Waals surface area (Å²) in [6.07, 6.45) is -1.25. The molecule has 2 saturated heterocycles. The summed E-state index contributed by atoms with van der Waals surface area (Å²) in [7, 11) is 0. The van der Waals surface area contributed by atoms with Crippen LogP contribution in [0.4, 0.5) is 18.9 Å². The summed E-state index contributed by atoms with van der Waals surface area (Å²) in [5, 5.41) is 2.57. The summed E-state index contributed by atoms with van der Waals surface area (Å²) in [4.78, 5) is 27.8. The van der Waals surface area contributed by atoms with Crippen molar-refractivity contribution in [3.8, 4) is 0 Å². The highest BCUT2D eigenvalue weighted by molar-refractivity contribution is 6.24. The molecule has 1 aromatic carbocycles. The highest BCUT2D eigenvalue weighted by Gasteiger charge is 2.47. The number of aldehydes is 1. The Balaban J connectivity index is 1.78. The van der Waals surface area contributed by atoms with Gasteiger partial charge in [0.15, 0.2) is 0 Å². The number of carbonyl (C=O) groups excluding carboxylic acids is 2. The molecule has 1 amide bonds. The van der Waals surface area contributed by atoms with E-state index in [-0.39, 0.29) is 16.8 Å². The van der Waals surface area contributed by atoms with Crippen LogP contribution in [0.1, 0.15) is 30.1 Å². The fourth-order valence-corrected chi connectivity index (χ4v) is 3.66. The summed E-state index contributed by atoms with van der Waals surface area (Å²) < 4.78 is 44.7. The summed E-state index contributed by atoms with van der Waals surface area (Å²) in [5.41, 5.74) is 0.570. The highest BCUT2D eigenvalue weighted by Crippen LogP contribution is 2.41. The topological polar surface area (TPSA) is 71.0 Å². The number of aliphatic imine (C=N–C) groups is 1. The molecule has 3 rings (SSSR count). The van der Waals surface area contributed by atoms with E-state index in [1.165, 1.54) is 42.2 Å². The number of rotatable bonds is 4. The van der Waals surface area contributed by atoms with Crippen molar-refractivity contribution in [3.63, 3.8) is 0 Å². The van der Waals surface area contributed by atoms with Crippen LogP contribution >= 0.6 is 0 Å². The van der Waals surface area contributed by atoms with E-state index in [4.69, 9.17) is 4.74 Å². The Morgan fingerprint density at radius 1 is 1.21 bits per heavy atom. The van der Waals surface area contributed by atoms with Gasteiger partial charge in [0.05, 0.1) is 5.57 Å². The van der Waals surface area contributed by atoms with Gasteiger partial charge in [-0.1, -0.05) is 6.08 Å². The van der Waals surface area contributed by atoms with E-state index in [0.29, 0.717) is 43.8 Å². The summed E-state index contributed by atoms with van der Waals surface area (Å²) >= 11 is 0. The lowest BCUT2D eigenvalue weighted by atomic mass is 9.73. The molecule has 0 saturated carbocycles. The number of hydrogen-bond donors (Lipinski definition) is 1. The minimum atomic E-state index is -4.80. The molecule has 2 aliphatic rings. The van der Waals surface area contributed by atoms with Gasteiger partial charge in [-0.25, -0.2) is 0 Å². The molecule has 6 nitrogen and oxygen atoms in total. The van der Waals surface area contributed by atoms with Crippen LogP contribution in [-0.2, 0) is 9.53 Å². The Kier molecular flexibility index (Phi) is 6.07. The zero-order chi connectivity index (χ0) is 21.1. The van der Waals surface area contributed by atoms with Gasteiger partial charge in [-0.05, 0) is 44.0 Å². The summed E-state index contributed by atoms with van der Waals surface area (Å²) in [5.74, 6) is -1.07. The normalized spacial score (nSPS) is 19.7. The van der Waals surface area contributed by atoms with Gasteiger partial charge in [0.2, 0.25) is 0 Å². The Hall–Kier alpha value is -2.68. The van der Waals surface area contributed by atoms with Crippen molar-refractivity contribution in [1.82, 2.24) is 4.90 Å². The molecule has 29 heavy (non-hydrogen) atoms. The van der Waals surface area contributed by atoms with Crippen molar-refractivity contribution in [2.24, 2.45) is 10.4 Å². The van der Waals surface area contributed by atoms with Crippen molar-refractivity contribution in [3.05, 3.63) is 41.5 Å². The predicted octanol–water partition coefficient (Wildman–Crippen LogP) is 3.41. The Morgan fingerprint density at radius 3 is 2.34 bits per heavy atom. The number of nitrogens with one attached hydrogen (secondary N) is 1. The first-order valence-corrected chi connectivity index (χ1v) is 9.28. The number of benzene rings is 1. The monoisotopic (exact) mass is 409 g/mol. The van der Waals surface area contributed by atoms with Gasteiger partial charge < -0.3 is 15.0 Å². The summed E-state index contributed by atoms with van der Waals surface area (Å²) in [6.45, 7) is 3.49. The SMILES string of the molecule is C/C=C(C(=O)Nc1ccc(C=O)cc1)\C(=N/C(F)(F)F)N1CC2(CCOCC2)C1. The van der Waals surface area contributed by atoms with Crippen molar-refractivity contribution < 1.29 is 27.5 Å². The number of anilines is 1. The molecule has 156 valence electrons. The van der Waals surface area contributed by atoms with Crippen LogP contribution < -0.4 is 5.32 Å². The molecule has 9 heteroatoms. The van der Waals surface area contributed by atoms with E-state index in [9.17, 15) is 22.8 Å². The highest BCUT2D eigenvalue weighted by atomic mass is 19.4. The third-order valence-corrected chi connectivity index (χ3v) is 5.22. The Bertz CT molecular complexity index is 818. The zero-order valence-corrected chi connectivity index (χ0v) is 16.0. The third-order valence-electron chi connectivity index (χ3n) is 5.22. The fraction of sp³-hybridized carbons (Fsp3) is 0.450. The number of amides is 1. The number of alkyl halides is 3. The van der Waals surface area contributed by atoms with Crippen LogP contribution in [0, 0.1) is 5.41 Å². The molecule has 0 unspecified atom stereocenters. The van der Waals surface area contributed by atoms with E-state index in [2.05, 4.69) is 10.3 Å². The van der Waals surface area contributed by atoms with Crippen LogP contribution in [-0.4, -0.2) is 55.5 Å². The van der Waals surface area contributed by atoms with Gasteiger partial charge in [-0.3, -0.25) is 9.59 Å². The second-order valence-electron chi connectivity index (χ2n) is 7.27. The lowest BCUT2D eigenvalue weighted by Crippen LogP contribution is -2.61. The molecule has 2 aliphatic heterocycles. The van der Waals surface area contributed by atoms with Gasteiger partial charge in [-0.15, -0.1) is 13.2 Å². The average Bonchev–Trinajstić information content (AvgIpc) is 2.66. The number of allylic oxidation sites excluding steroid dienone is 1. The molecular weight excluding hydrogens is 387 g/mol.